The maximum Gasteiger partial charge on any atom is 0.123 e. The van der Waals surface area contributed by atoms with Crippen LogP contribution in [0.2, 0.25) is 0 Å². The van der Waals surface area contributed by atoms with E-state index in [9.17, 15) is 0 Å². The van der Waals surface area contributed by atoms with Gasteiger partial charge in [-0.05, 0) is 26.0 Å². The maximum absolute atomic E-state index is 5.64. The quantitative estimate of drug-likeness (QED) is 0.796. The van der Waals surface area contributed by atoms with Crippen LogP contribution < -0.4 is 5.73 Å². The Balaban J connectivity index is 1.98. The van der Waals surface area contributed by atoms with Gasteiger partial charge in [-0.2, -0.15) is 5.10 Å². The molecule has 0 saturated heterocycles. The molecule has 0 aliphatic carbocycles. The van der Waals surface area contributed by atoms with Crippen molar-refractivity contribution >= 4 is 5.82 Å². The first kappa shape index (κ1) is 13.4. The van der Waals surface area contributed by atoms with Crippen LogP contribution >= 0.6 is 0 Å². The summed E-state index contributed by atoms with van der Waals surface area (Å²) < 4.78 is 4.01. The number of nitrogens with zero attached hydrogens (tertiary/aromatic N) is 5. The Bertz CT molecular complexity index is 766. The molecule has 2 N–H and O–H groups in total. The van der Waals surface area contributed by atoms with E-state index in [4.69, 9.17) is 5.73 Å². The third-order valence-electron chi connectivity index (χ3n) is 3.78. The summed E-state index contributed by atoms with van der Waals surface area (Å²) in [6.45, 7) is 4.85. The van der Waals surface area contributed by atoms with Gasteiger partial charge in [0.2, 0.25) is 0 Å². The summed E-state index contributed by atoms with van der Waals surface area (Å²) in [5, 5.41) is 4.46. The van der Waals surface area contributed by atoms with E-state index in [-0.39, 0.29) is 0 Å². The van der Waals surface area contributed by atoms with Gasteiger partial charge in [-0.1, -0.05) is 0 Å². The number of nitrogen functional groups attached to an aromatic ring is 1. The number of aryl methyl sites for hydroxylation is 2. The molecule has 0 aromatic carbocycles. The topological polar surface area (TPSA) is 74.5 Å². The average molecular weight is 282 g/mol. The van der Waals surface area contributed by atoms with Gasteiger partial charge in [0.25, 0.3) is 0 Å². The Labute approximate surface area is 123 Å². The Morgan fingerprint density at radius 3 is 2.62 bits per heavy atom. The van der Waals surface area contributed by atoms with E-state index >= 15 is 0 Å². The van der Waals surface area contributed by atoms with Crippen LogP contribution in [0.4, 0.5) is 5.82 Å². The van der Waals surface area contributed by atoms with Gasteiger partial charge < -0.3 is 10.3 Å². The zero-order chi connectivity index (χ0) is 15.0. The van der Waals surface area contributed by atoms with E-state index in [1.165, 1.54) is 11.3 Å². The molecule has 0 fully saturated rings. The fourth-order valence-electron chi connectivity index (χ4n) is 2.46. The van der Waals surface area contributed by atoms with Crippen molar-refractivity contribution in [2.45, 2.75) is 20.4 Å². The van der Waals surface area contributed by atoms with Gasteiger partial charge in [0.05, 0.1) is 30.5 Å². The van der Waals surface area contributed by atoms with Gasteiger partial charge >= 0.3 is 0 Å². The van der Waals surface area contributed by atoms with Gasteiger partial charge in [0.15, 0.2) is 0 Å². The number of rotatable bonds is 3. The minimum Gasteiger partial charge on any atom is -0.384 e. The Hall–Kier alpha value is -2.63. The van der Waals surface area contributed by atoms with E-state index < -0.39 is 0 Å². The molecule has 6 heteroatoms. The Kier molecular flexibility index (Phi) is 3.21. The zero-order valence-corrected chi connectivity index (χ0v) is 12.4. The standard InChI is InChI=1S/C15H18N6/c1-10-13(11(2)20(3)19-10)8-21-9-17-7-14(21)12-4-5-15(16)18-6-12/h4-7,9H,8H2,1-3H3,(H2,16,18). The number of nitrogens with two attached hydrogens (primary N) is 1. The molecule has 3 rings (SSSR count). The number of anilines is 1. The molecule has 6 nitrogen and oxygen atoms in total. The monoisotopic (exact) mass is 282 g/mol. The summed E-state index contributed by atoms with van der Waals surface area (Å²) in [5.41, 5.74) is 11.1. The molecule has 3 aromatic heterocycles. The van der Waals surface area contributed by atoms with E-state index in [1.807, 2.05) is 37.2 Å². The van der Waals surface area contributed by atoms with Crippen LogP contribution in [-0.4, -0.2) is 24.3 Å². The number of hydrogen-bond acceptors (Lipinski definition) is 4. The van der Waals surface area contributed by atoms with Gasteiger partial charge in [-0.3, -0.25) is 4.68 Å². The van der Waals surface area contributed by atoms with Crippen LogP contribution in [0.1, 0.15) is 17.0 Å². The molecule has 0 spiro atoms. The number of pyridine rings is 1. The lowest BCUT2D eigenvalue weighted by Gasteiger charge is -2.09. The van der Waals surface area contributed by atoms with Gasteiger partial charge in [0, 0.05) is 30.1 Å². The predicted octanol–water partition coefficient (Wildman–Crippen LogP) is 1.93. The molecule has 0 bridgehead atoms. The molecule has 0 saturated carbocycles. The van der Waals surface area contributed by atoms with Crippen molar-refractivity contribution in [3.8, 4) is 11.3 Å². The highest BCUT2D eigenvalue weighted by molar-refractivity contribution is 5.59. The summed E-state index contributed by atoms with van der Waals surface area (Å²) >= 11 is 0. The molecular formula is C15H18N6. The highest BCUT2D eigenvalue weighted by Crippen LogP contribution is 2.21. The molecule has 0 aliphatic rings. The fraction of sp³-hybridized carbons (Fsp3) is 0.267. The Morgan fingerprint density at radius 2 is 2.00 bits per heavy atom. The molecule has 0 atom stereocenters. The Morgan fingerprint density at radius 1 is 1.19 bits per heavy atom. The minimum atomic E-state index is 0.517. The highest BCUT2D eigenvalue weighted by atomic mass is 15.3. The summed E-state index contributed by atoms with van der Waals surface area (Å²) in [6.07, 6.45) is 5.44. The van der Waals surface area contributed by atoms with Crippen LogP contribution in [0, 0.1) is 13.8 Å². The van der Waals surface area contributed by atoms with Crippen molar-refractivity contribution in [3.63, 3.8) is 0 Å². The van der Waals surface area contributed by atoms with Gasteiger partial charge in [-0.25, -0.2) is 9.97 Å². The second kappa shape index (κ2) is 5.05. The average Bonchev–Trinajstić information content (AvgIpc) is 3.01. The van der Waals surface area contributed by atoms with Crippen molar-refractivity contribution in [2.75, 3.05) is 5.73 Å². The smallest absolute Gasteiger partial charge is 0.123 e. The normalized spacial score (nSPS) is 11.0. The first-order valence-electron chi connectivity index (χ1n) is 6.77. The minimum absolute atomic E-state index is 0.517. The molecule has 0 unspecified atom stereocenters. The van der Waals surface area contributed by atoms with E-state index in [1.54, 1.807) is 12.3 Å². The molecule has 0 amide bonds. The molecule has 3 heterocycles. The summed E-state index contributed by atoms with van der Waals surface area (Å²) in [6, 6.07) is 3.76. The molecule has 108 valence electrons. The lowest BCUT2D eigenvalue weighted by Crippen LogP contribution is -2.03. The number of hydrogen-bond donors (Lipinski definition) is 1. The molecule has 0 aliphatic heterocycles. The lowest BCUT2D eigenvalue weighted by atomic mass is 10.1. The van der Waals surface area contributed by atoms with Crippen LogP contribution in [-0.2, 0) is 13.6 Å². The second-order valence-corrected chi connectivity index (χ2v) is 5.15. The van der Waals surface area contributed by atoms with E-state index in [0.29, 0.717) is 5.82 Å². The second-order valence-electron chi connectivity index (χ2n) is 5.15. The summed E-state index contributed by atoms with van der Waals surface area (Å²) in [4.78, 5) is 8.40. The first-order valence-corrected chi connectivity index (χ1v) is 6.77. The van der Waals surface area contributed by atoms with E-state index in [0.717, 1.165) is 23.5 Å². The number of imidazole rings is 1. The van der Waals surface area contributed by atoms with Crippen LogP contribution in [0.25, 0.3) is 11.3 Å². The summed E-state index contributed by atoms with van der Waals surface area (Å²) in [5.74, 6) is 0.517. The SMILES string of the molecule is Cc1nn(C)c(C)c1Cn1cncc1-c1ccc(N)nc1. The summed E-state index contributed by atoms with van der Waals surface area (Å²) in [7, 11) is 1.96. The highest BCUT2D eigenvalue weighted by Gasteiger charge is 2.12. The van der Waals surface area contributed by atoms with Gasteiger partial charge in [0.1, 0.15) is 5.82 Å². The maximum atomic E-state index is 5.64. The van der Waals surface area contributed by atoms with E-state index in [2.05, 4.69) is 26.6 Å². The first-order chi connectivity index (χ1) is 10.1. The van der Waals surface area contributed by atoms with Crippen LogP contribution in [0.15, 0.2) is 30.9 Å². The molecule has 3 aromatic rings. The van der Waals surface area contributed by atoms with Crippen molar-refractivity contribution in [1.29, 1.82) is 0 Å². The van der Waals surface area contributed by atoms with Crippen molar-refractivity contribution < 1.29 is 0 Å². The van der Waals surface area contributed by atoms with Crippen LogP contribution in [0.5, 0.6) is 0 Å². The third kappa shape index (κ3) is 2.40. The molecule has 0 radical (unpaired) electrons. The predicted molar refractivity (Wildman–Crippen MR) is 81.7 cm³/mol. The van der Waals surface area contributed by atoms with Gasteiger partial charge in [-0.15, -0.1) is 0 Å². The largest absolute Gasteiger partial charge is 0.384 e. The van der Waals surface area contributed by atoms with Crippen LogP contribution in [0.3, 0.4) is 0 Å². The van der Waals surface area contributed by atoms with Crippen molar-refractivity contribution in [1.82, 2.24) is 24.3 Å². The van der Waals surface area contributed by atoms with Crippen molar-refractivity contribution in [2.24, 2.45) is 7.05 Å². The van der Waals surface area contributed by atoms with Crippen molar-refractivity contribution in [3.05, 3.63) is 47.8 Å². The molecular weight excluding hydrogens is 264 g/mol. The lowest BCUT2D eigenvalue weighted by molar-refractivity contribution is 0.727. The third-order valence-corrected chi connectivity index (χ3v) is 3.78. The molecule has 21 heavy (non-hydrogen) atoms. The number of aromatic nitrogens is 5. The zero-order valence-electron chi connectivity index (χ0n) is 12.4. The fourth-order valence-corrected chi connectivity index (χ4v) is 2.46.